The zero-order valence-corrected chi connectivity index (χ0v) is 50.5. The smallest absolute Gasteiger partial charge is 0.422 e. The zero-order valence-electron chi connectivity index (χ0n) is 47.4. The number of H-pyrrole nitrogens is 2. The number of anilines is 11. The lowest BCUT2D eigenvalue weighted by Gasteiger charge is -2.26. The van der Waals surface area contributed by atoms with Gasteiger partial charge in [-0.05, 0) is 154 Å². The molecular formula is C56H57Cl4F3N16O6. The van der Waals surface area contributed by atoms with Crippen LogP contribution in [0, 0.1) is 34.6 Å². The molecule has 0 saturated carbocycles. The van der Waals surface area contributed by atoms with Gasteiger partial charge in [0.15, 0.2) is 23.3 Å². The Bertz CT molecular complexity index is 3790. The number of aliphatic imine (C=N–C) groups is 1. The summed E-state index contributed by atoms with van der Waals surface area (Å²) in [5, 5.41) is 25.4. The van der Waals surface area contributed by atoms with Gasteiger partial charge in [0, 0.05) is 57.0 Å². The van der Waals surface area contributed by atoms with Crippen LogP contribution in [-0.4, -0.2) is 75.8 Å². The van der Waals surface area contributed by atoms with Crippen LogP contribution in [0.2, 0.25) is 20.1 Å². The van der Waals surface area contributed by atoms with Gasteiger partial charge in [-0.1, -0.05) is 58.5 Å². The first-order valence-electron chi connectivity index (χ1n) is 25.2. The second kappa shape index (κ2) is 27.6. The van der Waals surface area contributed by atoms with E-state index in [-0.39, 0.29) is 45.1 Å². The van der Waals surface area contributed by atoms with Gasteiger partial charge in [0.05, 0.1) is 28.7 Å². The molecule has 4 amide bonds. The molecule has 0 aliphatic rings. The van der Waals surface area contributed by atoms with Crippen molar-refractivity contribution in [2.45, 2.75) is 93.5 Å². The molecule has 0 radical (unpaired) electrons. The van der Waals surface area contributed by atoms with E-state index in [0.717, 1.165) is 45.1 Å². The summed E-state index contributed by atoms with van der Waals surface area (Å²) in [6.07, 6.45) is -1.95. The molecule has 8 aromatic rings. The molecule has 4 aromatic carbocycles. The number of hydrogen-bond acceptors (Lipinski definition) is 16. The maximum absolute atomic E-state index is 13.2. The highest BCUT2D eigenvalue weighted by Crippen LogP contribution is 2.38. The van der Waals surface area contributed by atoms with Crippen LogP contribution in [0.5, 0.6) is 0 Å². The summed E-state index contributed by atoms with van der Waals surface area (Å²) in [5.41, 5.74) is 9.88. The first-order chi connectivity index (χ1) is 39.8. The lowest BCUT2D eigenvalue weighted by molar-refractivity contribution is -0.137. The summed E-state index contributed by atoms with van der Waals surface area (Å²) < 4.78 is 50.7. The van der Waals surface area contributed by atoms with Crippen molar-refractivity contribution in [2.75, 3.05) is 36.8 Å². The van der Waals surface area contributed by atoms with Gasteiger partial charge >= 0.3 is 24.4 Å². The van der Waals surface area contributed by atoms with Crippen LogP contribution in [0.1, 0.15) is 75.2 Å². The molecule has 85 heavy (non-hydrogen) atoms. The Morgan fingerprint density at radius 2 is 1.06 bits per heavy atom. The first kappa shape index (κ1) is 65.2. The van der Waals surface area contributed by atoms with Gasteiger partial charge in [-0.2, -0.15) is 38.3 Å². The SMILES string of the molecule is Cc1cc(N(C(=O)OC(C)(C)C)c2nc(Nc3cc(N)ccc3C)ncc2Cl)n[nH]1.Cc1cc(N(C(=O)OC(C)(C)C)c2nc(Nc3cc(NC(=O)Nc4ccc(Cl)c(C(F)(F)F)c4)ccc3C)ncc2Cl)n[nH]1.Cc1cc(N=C=O)ccc1Cl. The molecule has 4 heterocycles. The molecule has 0 unspecified atom stereocenters. The normalized spacial score (nSPS) is 11.1. The quantitative estimate of drug-likeness (QED) is 0.0360. The molecule has 8 rings (SSSR count). The van der Waals surface area contributed by atoms with Crippen molar-refractivity contribution in [3.8, 4) is 0 Å². The van der Waals surface area contributed by atoms with Crippen LogP contribution in [0.4, 0.5) is 96.8 Å². The largest absolute Gasteiger partial charge is 0.443 e. The number of alkyl halides is 3. The second-order valence-electron chi connectivity index (χ2n) is 20.4. The van der Waals surface area contributed by atoms with E-state index in [1.54, 1.807) is 116 Å². The molecule has 22 nitrogen and oxygen atoms in total. The summed E-state index contributed by atoms with van der Waals surface area (Å²) in [7, 11) is 0. The molecular weight excluding hydrogens is 1190 g/mol. The van der Waals surface area contributed by atoms with Crippen LogP contribution in [0.25, 0.3) is 0 Å². The number of carbonyl (C=O) groups is 3. The van der Waals surface area contributed by atoms with Crippen molar-refractivity contribution in [3.63, 3.8) is 0 Å². The number of urea groups is 1. The Balaban J connectivity index is 0.000000241. The van der Waals surface area contributed by atoms with E-state index < -0.39 is 46.2 Å². The minimum atomic E-state index is -4.69. The van der Waals surface area contributed by atoms with E-state index in [1.165, 1.54) is 29.4 Å². The van der Waals surface area contributed by atoms with Crippen LogP contribution >= 0.6 is 46.4 Å². The maximum Gasteiger partial charge on any atom is 0.422 e. The van der Waals surface area contributed by atoms with E-state index in [0.29, 0.717) is 39.3 Å². The third-order valence-electron chi connectivity index (χ3n) is 11.0. The van der Waals surface area contributed by atoms with Gasteiger partial charge in [-0.3, -0.25) is 10.2 Å². The molecule has 0 fully saturated rings. The van der Waals surface area contributed by atoms with Gasteiger partial charge in [0.25, 0.3) is 0 Å². The van der Waals surface area contributed by atoms with Gasteiger partial charge in [0.1, 0.15) is 21.2 Å². The number of rotatable bonds is 11. The molecule has 0 atom stereocenters. The lowest BCUT2D eigenvalue weighted by atomic mass is 10.2. The van der Waals surface area contributed by atoms with Crippen LogP contribution in [-0.2, 0) is 20.4 Å². The maximum atomic E-state index is 13.2. The monoisotopic (exact) mass is 1250 g/mol. The van der Waals surface area contributed by atoms with E-state index in [4.69, 9.17) is 61.6 Å². The van der Waals surface area contributed by atoms with E-state index in [9.17, 15) is 32.3 Å². The Kier molecular flexibility index (Phi) is 21.2. The first-order valence-corrected chi connectivity index (χ1v) is 26.7. The topological polar surface area (TPSA) is 289 Å². The number of nitrogens with zero attached hydrogens (tertiary/aromatic N) is 9. The number of isocyanates is 1. The number of ether oxygens (including phenoxy) is 2. The highest BCUT2D eigenvalue weighted by Gasteiger charge is 2.34. The number of aromatic nitrogens is 8. The molecule has 0 aliphatic carbocycles. The summed E-state index contributed by atoms with van der Waals surface area (Å²) in [5.74, 6) is 0.918. The average Bonchev–Trinajstić information content (AvgIpc) is 3.67. The van der Waals surface area contributed by atoms with Crippen LogP contribution in [0.3, 0.4) is 0 Å². The van der Waals surface area contributed by atoms with Crippen molar-refractivity contribution < 1.29 is 41.8 Å². The minimum Gasteiger partial charge on any atom is -0.443 e. The number of hydrogen-bond donors (Lipinski definition) is 7. The number of halogens is 7. The molecule has 4 aromatic heterocycles. The van der Waals surface area contributed by atoms with Gasteiger partial charge < -0.3 is 36.5 Å². The van der Waals surface area contributed by atoms with Crippen molar-refractivity contribution in [3.05, 3.63) is 151 Å². The number of amides is 4. The van der Waals surface area contributed by atoms with Crippen molar-refractivity contribution >= 4 is 140 Å². The summed E-state index contributed by atoms with van der Waals surface area (Å²) >= 11 is 24.2. The average molecular weight is 1250 g/mol. The standard InChI is InChI=1S/C28H27Cl2F3N8O3.C20H24ClN7O2.C8H6ClNO/c1-14-6-7-17(36-25(42)35-16-8-9-19(29)18(11-16)28(31,32)33)12-21(14)37-24-34-13-20(30)23(38-24)41(22-10-15(2)39-40-22)26(43)44-27(3,4)5;1-11-6-7-13(22)9-15(11)24-18-23-10-14(21)17(25-18)28(16-8-12(2)26-27-16)19(29)30-20(3,4)5;1-6-4-7(10-5-11)2-3-8(6)9/h6-13H,1-5H3,(H,39,40)(H,34,37,38)(H2,35,36,42);6-10H,22H2,1-5H3,(H,26,27)(H,23,24,25);2-4H,1H3. The van der Waals surface area contributed by atoms with Crippen LogP contribution < -0.4 is 36.8 Å². The number of nitrogens with two attached hydrogens (primary N) is 1. The third-order valence-corrected chi connectivity index (χ3v) is 12.3. The van der Waals surface area contributed by atoms with Crippen molar-refractivity contribution in [1.82, 2.24) is 40.3 Å². The fraction of sp³-hybridized carbons (Fsp3) is 0.250. The van der Waals surface area contributed by atoms with Crippen molar-refractivity contribution in [1.29, 1.82) is 0 Å². The molecule has 0 spiro atoms. The van der Waals surface area contributed by atoms with Gasteiger partial charge in [-0.25, -0.2) is 38.9 Å². The molecule has 0 bridgehead atoms. The van der Waals surface area contributed by atoms with Gasteiger partial charge in [-0.15, -0.1) is 0 Å². The van der Waals surface area contributed by atoms with Gasteiger partial charge in [0.2, 0.25) is 18.0 Å². The zero-order chi connectivity index (χ0) is 62.7. The Labute approximate surface area is 506 Å². The summed E-state index contributed by atoms with van der Waals surface area (Å²) in [4.78, 5) is 71.7. The highest BCUT2D eigenvalue weighted by atomic mass is 35.5. The number of nitrogen functional groups attached to an aromatic ring is 1. The minimum absolute atomic E-state index is 0.00239. The highest BCUT2D eigenvalue weighted by molar-refractivity contribution is 6.34. The Morgan fingerprint density at radius 1 is 0.600 bits per heavy atom. The molecule has 0 aliphatic heterocycles. The number of nitrogens with one attached hydrogen (secondary N) is 6. The van der Waals surface area contributed by atoms with E-state index >= 15 is 0 Å². The van der Waals surface area contributed by atoms with E-state index in [2.05, 4.69) is 66.6 Å². The molecule has 29 heteroatoms. The van der Waals surface area contributed by atoms with E-state index in [1.807, 2.05) is 26.8 Å². The fourth-order valence-electron chi connectivity index (χ4n) is 7.09. The fourth-order valence-corrected chi connectivity index (χ4v) is 7.79. The number of aromatic amines is 2. The predicted molar refractivity (Wildman–Crippen MR) is 324 cm³/mol. The van der Waals surface area contributed by atoms with Crippen LogP contribution in [0.15, 0.2) is 102 Å². The number of carbonyl (C=O) groups excluding carboxylic acids is 4. The predicted octanol–water partition coefficient (Wildman–Crippen LogP) is 16.1. The Morgan fingerprint density at radius 3 is 1.51 bits per heavy atom. The van der Waals surface area contributed by atoms with Crippen molar-refractivity contribution in [2.24, 2.45) is 4.99 Å². The number of benzene rings is 4. The Hall–Kier alpha value is -9.00. The molecule has 0 saturated heterocycles. The second-order valence-corrected chi connectivity index (χ2v) is 22.1. The summed E-state index contributed by atoms with van der Waals surface area (Å²) in [6, 6.07) is 21.0. The number of aryl methyl sites for hydroxylation is 5. The lowest BCUT2D eigenvalue weighted by Crippen LogP contribution is -2.34. The molecule has 8 N–H and O–H groups in total. The third kappa shape index (κ3) is 18.8. The molecule has 446 valence electrons. The summed E-state index contributed by atoms with van der Waals surface area (Å²) in [6.45, 7) is 19.6.